The van der Waals surface area contributed by atoms with Gasteiger partial charge in [-0.1, -0.05) is 41.9 Å². The molecule has 162 valence electrons. The number of rotatable bonds is 7. The van der Waals surface area contributed by atoms with E-state index in [4.69, 9.17) is 16.3 Å². The molecule has 0 atom stereocenters. The Hall–Kier alpha value is -3.64. The van der Waals surface area contributed by atoms with Gasteiger partial charge in [0.1, 0.15) is 12.4 Å². The molecule has 0 saturated carbocycles. The number of aromatic nitrogens is 2. The van der Waals surface area contributed by atoms with E-state index >= 15 is 0 Å². The lowest BCUT2D eigenvalue weighted by Crippen LogP contribution is -2.12. The van der Waals surface area contributed by atoms with Crippen molar-refractivity contribution in [1.29, 1.82) is 0 Å². The summed E-state index contributed by atoms with van der Waals surface area (Å²) in [6, 6.07) is 18.2. The van der Waals surface area contributed by atoms with Gasteiger partial charge >= 0.3 is 5.97 Å². The lowest BCUT2D eigenvalue weighted by atomic mass is 10.0. The molecule has 0 spiro atoms. The Balaban J connectivity index is 1.76. The average Bonchev–Trinajstić information content (AvgIpc) is 2.77. The maximum absolute atomic E-state index is 11.3. The van der Waals surface area contributed by atoms with Gasteiger partial charge < -0.3 is 15.2 Å². The highest BCUT2D eigenvalue weighted by Gasteiger charge is 2.14. The number of hydrogen-bond donors (Lipinski definition) is 2. The van der Waals surface area contributed by atoms with E-state index in [0.717, 1.165) is 27.6 Å². The van der Waals surface area contributed by atoms with Crippen LogP contribution in [0.5, 0.6) is 5.75 Å². The number of aromatic carboxylic acids is 1. The monoisotopic (exact) mass is 447 g/mol. The van der Waals surface area contributed by atoms with E-state index in [9.17, 15) is 9.90 Å². The van der Waals surface area contributed by atoms with Crippen molar-refractivity contribution in [3.63, 3.8) is 0 Å². The summed E-state index contributed by atoms with van der Waals surface area (Å²) in [6.07, 6.45) is 1.77. The zero-order valence-electron chi connectivity index (χ0n) is 17.7. The van der Waals surface area contributed by atoms with Crippen molar-refractivity contribution in [2.45, 2.75) is 26.5 Å². The lowest BCUT2D eigenvalue weighted by Gasteiger charge is -2.15. The summed E-state index contributed by atoms with van der Waals surface area (Å²) < 4.78 is 6.16. The van der Waals surface area contributed by atoms with Gasteiger partial charge in [0, 0.05) is 39.8 Å². The Morgan fingerprint density at radius 2 is 1.91 bits per heavy atom. The summed E-state index contributed by atoms with van der Waals surface area (Å²) in [5.41, 5.74) is 3.33. The fourth-order valence-electron chi connectivity index (χ4n) is 3.35. The summed E-state index contributed by atoms with van der Waals surface area (Å²) in [6.45, 7) is 4.24. The molecule has 0 amide bonds. The quantitative estimate of drug-likeness (QED) is 0.359. The van der Waals surface area contributed by atoms with Gasteiger partial charge in [0.2, 0.25) is 5.95 Å². The van der Waals surface area contributed by atoms with Crippen molar-refractivity contribution in [2.75, 3.05) is 5.32 Å². The minimum Gasteiger partial charge on any atom is -0.488 e. The van der Waals surface area contributed by atoms with E-state index < -0.39 is 5.97 Å². The minimum absolute atomic E-state index is 0.201. The SMILES string of the molecule is CC(C)Nc1ncc2cc(-c3ccccc3Cl)c(OCc3cccc(C(=O)O)c3)cc2n1. The molecule has 0 fully saturated rings. The van der Waals surface area contributed by atoms with E-state index in [1.54, 1.807) is 24.4 Å². The van der Waals surface area contributed by atoms with Crippen LogP contribution in [0.15, 0.2) is 66.9 Å². The van der Waals surface area contributed by atoms with Crippen molar-refractivity contribution in [3.8, 4) is 16.9 Å². The summed E-state index contributed by atoms with van der Waals surface area (Å²) >= 11 is 6.48. The molecule has 4 rings (SSSR count). The Kier molecular flexibility index (Phi) is 6.23. The van der Waals surface area contributed by atoms with Crippen molar-refractivity contribution in [3.05, 3.63) is 83.0 Å². The van der Waals surface area contributed by atoms with Gasteiger partial charge in [0.25, 0.3) is 0 Å². The normalized spacial score (nSPS) is 11.0. The molecule has 0 unspecified atom stereocenters. The number of hydrogen-bond acceptors (Lipinski definition) is 5. The summed E-state index contributed by atoms with van der Waals surface area (Å²) in [4.78, 5) is 20.3. The van der Waals surface area contributed by atoms with Crippen LogP contribution in [0.1, 0.15) is 29.8 Å². The second-order valence-electron chi connectivity index (χ2n) is 7.67. The standard InChI is InChI=1S/C25H22ClN3O3/c1-15(2)28-25-27-13-18-11-20(19-8-3-4-9-21(19)26)23(12-22(18)29-25)32-14-16-6-5-7-17(10-16)24(30)31/h3-13,15H,14H2,1-2H3,(H,30,31)(H,27,28,29). The number of carboxylic acid groups (broad SMARTS) is 1. The van der Waals surface area contributed by atoms with Crippen LogP contribution in [-0.4, -0.2) is 27.1 Å². The fraction of sp³-hybridized carbons (Fsp3) is 0.160. The fourth-order valence-corrected chi connectivity index (χ4v) is 3.59. The van der Waals surface area contributed by atoms with Crippen LogP contribution in [0.25, 0.3) is 22.0 Å². The van der Waals surface area contributed by atoms with Crippen molar-refractivity contribution in [1.82, 2.24) is 9.97 Å². The van der Waals surface area contributed by atoms with Crippen LogP contribution in [0, 0.1) is 0 Å². The maximum Gasteiger partial charge on any atom is 0.335 e. The van der Waals surface area contributed by atoms with Gasteiger partial charge in [-0.15, -0.1) is 0 Å². The second kappa shape index (κ2) is 9.24. The molecule has 0 aliphatic rings. The van der Waals surface area contributed by atoms with Gasteiger partial charge in [0.05, 0.1) is 11.1 Å². The number of fused-ring (bicyclic) bond motifs is 1. The zero-order chi connectivity index (χ0) is 22.7. The predicted molar refractivity (Wildman–Crippen MR) is 126 cm³/mol. The first-order chi connectivity index (χ1) is 15.4. The first-order valence-electron chi connectivity index (χ1n) is 10.2. The van der Waals surface area contributed by atoms with Crippen molar-refractivity contribution in [2.24, 2.45) is 0 Å². The molecule has 4 aromatic rings. The molecule has 3 aromatic carbocycles. The molecule has 32 heavy (non-hydrogen) atoms. The van der Waals surface area contributed by atoms with Crippen LogP contribution in [-0.2, 0) is 6.61 Å². The molecule has 1 aromatic heterocycles. The molecule has 0 aliphatic heterocycles. The highest BCUT2D eigenvalue weighted by molar-refractivity contribution is 6.33. The Labute approximate surface area is 190 Å². The lowest BCUT2D eigenvalue weighted by molar-refractivity contribution is 0.0696. The third-order valence-electron chi connectivity index (χ3n) is 4.83. The number of nitrogens with one attached hydrogen (secondary N) is 1. The summed E-state index contributed by atoms with van der Waals surface area (Å²) in [7, 11) is 0. The van der Waals surface area contributed by atoms with E-state index in [1.807, 2.05) is 56.3 Å². The number of halogens is 1. The summed E-state index contributed by atoms with van der Waals surface area (Å²) in [5.74, 6) is 0.162. The number of carbonyl (C=O) groups is 1. The molecule has 6 nitrogen and oxygen atoms in total. The smallest absolute Gasteiger partial charge is 0.335 e. The van der Waals surface area contributed by atoms with Crippen molar-refractivity contribution >= 4 is 34.4 Å². The highest BCUT2D eigenvalue weighted by atomic mass is 35.5. The second-order valence-corrected chi connectivity index (χ2v) is 8.08. The average molecular weight is 448 g/mol. The van der Waals surface area contributed by atoms with E-state index in [1.165, 1.54) is 0 Å². The Bertz CT molecular complexity index is 1290. The Morgan fingerprint density at radius 3 is 2.66 bits per heavy atom. The maximum atomic E-state index is 11.3. The van der Waals surface area contributed by atoms with Crippen molar-refractivity contribution < 1.29 is 14.6 Å². The molecule has 0 radical (unpaired) electrons. The topological polar surface area (TPSA) is 84.3 Å². The third-order valence-corrected chi connectivity index (χ3v) is 5.16. The van der Waals surface area contributed by atoms with E-state index in [2.05, 4.69) is 15.3 Å². The van der Waals surface area contributed by atoms with Gasteiger partial charge in [-0.3, -0.25) is 0 Å². The van der Waals surface area contributed by atoms with Crippen LogP contribution in [0.3, 0.4) is 0 Å². The van der Waals surface area contributed by atoms with Gasteiger partial charge in [-0.2, -0.15) is 0 Å². The molecular formula is C25H22ClN3O3. The van der Waals surface area contributed by atoms with E-state index in [0.29, 0.717) is 16.7 Å². The van der Waals surface area contributed by atoms with Gasteiger partial charge in [-0.25, -0.2) is 14.8 Å². The van der Waals surface area contributed by atoms with E-state index in [-0.39, 0.29) is 18.2 Å². The number of ether oxygens (including phenoxy) is 1. The van der Waals surface area contributed by atoms with Crippen LogP contribution in [0.2, 0.25) is 5.02 Å². The van der Waals surface area contributed by atoms with Crippen LogP contribution in [0.4, 0.5) is 5.95 Å². The van der Waals surface area contributed by atoms with Gasteiger partial charge in [-0.05, 0) is 43.7 Å². The molecular weight excluding hydrogens is 426 g/mol. The third kappa shape index (κ3) is 4.81. The molecule has 1 heterocycles. The van der Waals surface area contributed by atoms with Gasteiger partial charge in [0.15, 0.2) is 0 Å². The first kappa shape index (κ1) is 21.6. The highest BCUT2D eigenvalue weighted by Crippen LogP contribution is 2.38. The summed E-state index contributed by atoms with van der Waals surface area (Å²) in [5, 5.41) is 13.9. The number of anilines is 1. The Morgan fingerprint density at radius 1 is 1.09 bits per heavy atom. The van der Waals surface area contributed by atoms with Crippen LogP contribution < -0.4 is 10.1 Å². The molecule has 7 heteroatoms. The zero-order valence-corrected chi connectivity index (χ0v) is 18.4. The number of benzene rings is 3. The minimum atomic E-state index is -0.976. The largest absolute Gasteiger partial charge is 0.488 e. The first-order valence-corrected chi connectivity index (χ1v) is 10.6. The molecule has 0 aliphatic carbocycles. The molecule has 0 bridgehead atoms. The molecule has 2 N–H and O–H groups in total. The van der Waals surface area contributed by atoms with Crippen LogP contribution >= 0.6 is 11.6 Å². The number of carboxylic acids is 1. The predicted octanol–water partition coefficient (Wildman–Crippen LogP) is 6.05. The number of nitrogens with zero attached hydrogens (tertiary/aromatic N) is 2. The molecule has 0 saturated heterocycles.